The molecule has 0 aliphatic rings. The van der Waals surface area contributed by atoms with Crippen LogP contribution in [0.4, 0.5) is 0 Å². The number of benzene rings is 1. The molecule has 0 bridgehead atoms. The fourth-order valence-corrected chi connectivity index (χ4v) is 1.33. The largest absolute Gasteiger partial charge is 0.350 e. The molecule has 19 heavy (non-hydrogen) atoms. The predicted octanol–water partition coefficient (Wildman–Crippen LogP) is -0.251. The Bertz CT molecular complexity index is 498. The van der Waals surface area contributed by atoms with E-state index in [4.69, 9.17) is 5.73 Å². The van der Waals surface area contributed by atoms with Gasteiger partial charge in [-0.05, 0) is 17.7 Å². The minimum atomic E-state index is -0.224. The minimum absolute atomic E-state index is 0.00457. The first-order valence-corrected chi connectivity index (χ1v) is 5.91. The summed E-state index contributed by atoms with van der Waals surface area (Å²) in [7, 11) is 0. The molecule has 0 atom stereocenters. The van der Waals surface area contributed by atoms with Gasteiger partial charge in [0.2, 0.25) is 11.8 Å². The number of rotatable bonds is 4. The Balaban J connectivity index is 2.41. The molecule has 1 rings (SSSR count). The molecular formula is C14H17N3O2. The monoisotopic (exact) mass is 259 g/mol. The summed E-state index contributed by atoms with van der Waals surface area (Å²) < 4.78 is 0. The van der Waals surface area contributed by atoms with Gasteiger partial charge in [-0.25, -0.2) is 0 Å². The number of nitrogens with one attached hydrogen (secondary N) is 2. The van der Waals surface area contributed by atoms with Gasteiger partial charge in [0.05, 0.1) is 13.1 Å². The molecule has 0 spiro atoms. The maximum absolute atomic E-state index is 11.4. The van der Waals surface area contributed by atoms with Gasteiger partial charge in [-0.3, -0.25) is 9.59 Å². The van der Waals surface area contributed by atoms with Crippen molar-refractivity contribution in [3.05, 3.63) is 35.4 Å². The zero-order chi connectivity index (χ0) is 14.1. The third-order valence-corrected chi connectivity index (χ3v) is 2.28. The van der Waals surface area contributed by atoms with Crippen molar-refractivity contribution in [3.8, 4) is 11.8 Å². The van der Waals surface area contributed by atoms with Gasteiger partial charge < -0.3 is 16.4 Å². The van der Waals surface area contributed by atoms with Crippen molar-refractivity contribution >= 4 is 11.8 Å². The Labute approximate surface area is 112 Å². The van der Waals surface area contributed by atoms with E-state index in [9.17, 15) is 9.59 Å². The molecule has 0 fully saturated rings. The SMILES string of the molecule is CC(=O)NCC(=O)NCc1ccc(C#CCN)cc1. The number of carbonyl (C=O) groups excluding carboxylic acids is 2. The molecule has 5 nitrogen and oxygen atoms in total. The van der Waals surface area contributed by atoms with E-state index >= 15 is 0 Å². The Kier molecular flexibility index (Phi) is 6.13. The normalized spacial score (nSPS) is 9.16. The zero-order valence-corrected chi connectivity index (χ0v) is 10.8. The van der Waals surface area contributed by atoms with Gasteiger partial charge in [0.1, 0.15) is 0 Å². The van der Waals surface area contributed by atoms with Gasteiger partial charge in [0.15, 0.2) is 0 Å². The molecule has 0 aliphatic carbocycles. The van der Waals surface area contributed by atoms with E-state index in [1.165, 1.54) is 6.92 Å². The van der Waals surface area contributed by atoms with Crippen molar-refractivity contribution in [2.45, 2.75) is 13.5 Å². The maximum Gasteiger partial charge on any atom is 0.239 e. The van der Waals surface area contributed by atoms with E-state index in [-0.39, 0.29) is 18.4 Å². The fraction of sp³-hybridized carbons (Fsp3) is 0.286. The van der Waals surface area contributed by atoms with Crippen LogP contribution < -0.4 is 16.4 Å². The van der Waals surface area contributed by atoms with Crippen LogP contribution in [0.2, 0.25) is 0 Å². The molecule has 0 saturated heterocycles. The molecular weight excluding hydrogens is 242 g/mol. The van der Waals surface area contributed by atoms with Crippen molar-refractivity contribution in [1.29, 1.82) is 0 Å². The van der Waals surface area contributed by atoms with Crippen molar-refractivity contribution < 1.29 is 9.59 Å². The van der Waals surface area contributed by atoms with Crippen LogP contribution in [-0.2, 0) is 16.1 Å². The third kappa shape index (κ3) is 6.24. The molecule has 5 heteroatoms. The lowest BCUT2D eigenvalue weighted by Gasteiger charge is -2.05. The average Bonchev–Trinajstić information content (AvgIpc) is 2.41. The van der Waals surface area contributed by atoms with Gasteiger partial charge in [0, 0.05) is 19.0 Å². The highest BCUT2D eigenvalue weighted by atomic mass is 16.2. The van der Waals surface area contributed by atoms with Gasteiger partial charge in [0.25, 0.3) is 0 Å². The molecule has 0 radical (unpaired) electrons. The van der Waals surface area contributed by atoms with Crippen LogP contribution in [0.5, 0.6) is 0 Å². The van der Waals surface area contributed by atoms with Crippen LogP contribution in [0.3, 0.4) is 0 Å². The molecule has 1 aromatic rings. The smallest absolute Gasteiger partial charge is 0.239 e. The summed E-state index contributed by atoms with van der Waals surface area (Å²) in [5, 5.41) is 5.14. The molecule has 2 amide bonds. The fourth-order valence-electron chi connectivity index (χ4n) is 1.33. The highest BCUT2D eigenvalue weighted by Crippen LogP contribution is 2.02. The maximum atomic E-state index is 11.4. The lowest BCUT2D eigenvalue weighted by molar-refractivity contribution is -0.125. The van der Waals surface area contributed by atoms with Crippen molar-refractivity contribution in [2.24, 2.45) is 5.73 Å². The van der Waals surface area contributed by atoms with Crippen LogP contribution in [0.25, 0.3) is 0 Å². The number of hydrogen-bond acceptors (Lipinski definition) is 3. The van der Waals surface area contributed by atoms with Crippen LogP contribution in [0, 0.1) is 11.8 Å². The lowest BCUT2D eigenvalue weighted by atomic mass is 10.1. The van der Waals surface area contributed by atoms with E-state index in [1.807, 2.05) is 24.3 Å². The third-order valence-electron chi connectivity index (χ3n) is 2.28. The van der Waals surface area contributed by atoms with E-state index < -0.39 is 0 Å². The van der Waals surface area contributed by atoms with E-state index in [0.717, 1.165) is 11.1 Å². The van der Waals surface area contributed by atoms with Crippen LogP contribution in [-0.4, -0.2) is 24.9 Å². The number of hydrogen-bond donors (Lipinski definition) is 3. The summed E-state index contributed by atoms with van der Waals surface area (Å²) in [6, 6.07) is 7.52. The van der Waals surface area contributed by atoms with Crippen molar-refractivity contribution in [1.82, 2.24) is 10.6 Å². The predicted molar refractivity (Wildman–Crippen MR) is 72.9 cm³/mol. The Morgan fingerprint density at radius 1 is 1.21 bits per heavy atom. The molecule has 0 unspecified atom stereocenters. The molecule has 4 N–H and O–H groups in total. The highest BCUT2D eigenvalue weighted by molar-refractivity contribution is 5.83. The molecule has 0 heterocycles. The second-order valence-electron chi connectivity index (χ2n) is 3.89. The standard InChI is InChI=1S/C14H17N3O2/c1-11(18)16-10-14(19)17-9-13-6-4-12(5-7-13)3-2-8-15/h4-7H,8-10,15H2,1H3,(H,16,18)(H,17,19). The van der Waals surface area contributed by atoms with Gasteiger partial charge in [-0.15, -0.1) is 0 Å². The second kappa shape index (κ2) is 7.90. The minimum Gasteiger partial charge on any atom is -0.350 e. The molecule has 1 aromatic carbocycles. The van der Waals surface area contributed by atoms with Gasteiger partial charge in [-0.1, -0.05) is 24.0 Å². The second-order valence-corrected chi connectivity index (χ2v) is 3.89. The van der Waals surface area contributed by atoms with E-state index in [1.54, 1.807) is 0 Å². The first kappa shape index (κ1) is 14.7. The Hall–Kier alpha value is -2.32. The summed E-state index contributed by atoms with van der Waals surface area (Å²) in [6.45, 7) is 2.12. The average molecular weight is 259 g/mol. The topological polar surface area (TPSA) is 84.2 Å². The lowest BCUT2D eigenvalue weighted by Crippen LogP contribution is -2.35. The van der Waals surface area contributed by atoms with Crippen molar-refractivity contribution in [2.75, 3.05) is 13.1 Å². The molecule has 0 saturated carbocycles. The molecule has 0 aliphatic heterocycles. The van der Waals surface area contributed by atoms with Crippen LogP contribution >= 0.6 is 0 Å². The first-order valence-electron chi connectivity index (χ1n) is 5.91. The van der Waals surface area contributed by atoms with Crippen molar-refractivity contribution in [3.63, 3.8) is 0 Å². The van der Waals surface area contributed by atoms with Gasteiger partial charge >= 0.3 is 0 Å². The molecule has 100 valence electrons. The Morgan fingerprint density at radius 3 is 2.47 bits per heavy atom. The number of amides is 2. The quantitative estimate of drug-likeness (QED) is 0.652. The highest BCUT2D eigenvalue weighted by Gasteiger charge is 2.01. The van der Waals surface area contributed by atoms with Crippen LogP contribution in [0.15, 0.2) is 24.3 Å². The summed E-state index contributed by atoms with van der Waals surface area (Å²) in [6.07, 6.45) is 0. The first-order chi connectivity index (χ1) is 9.11. The summed E-state index contributed by atoms with van der Waals surface area (Å²) in [4.78, 5) is 22.0. The van der Waals surface area contributed by atoms with E-state index in [0.29, 0.717) is 13.1 Å². The van der Waals surface area contributed by atoms with Crippen LogP contribution in [0.1, 0.15) is 18.1 Å². The summed E-state index contributed by atoms with van der Waals surface area (Å²) in [5.74, 6) is 5.24. The zero-order valence-electron chi connectivity index (χ0n) is 10.8. The number of carbonyl (C=O) groups is 2. The summed E-state index contributed by atoms with van der Waals surface area (Å²) in [5.41, 5.74) is 7.14. The Morgan fingerprint density at radius 2 is 1.89 bits per heavy atom. The molecule has 0 aromatic heterocycles. The number of nitrogens with two attached hydrogens (primary N) is 1. The summed E-state index contributed by atoms with van der Waals surface area (Å²) >= 11 is 0. The van der Waals surface area contributed by atoms with Gasteiger partial charge in [-0.2, -0.15) is 0 Å². The van der Waals surface area contributed by atoms with E-state index in [2.05, 4.69) is 22.5 Å².